The monoisotopic (exact) mass is 309 g/mol. The molecule has 3 rings (SSSR count). The first-order chi connectivity index (χ1) is 9.65. The fourth-order valence-electron chi connectivity index (χ4n) is 1.97. The molecule has 0 aliphatic carbocycles. The van der Waals surface area contributed by atoms with Gasteiger partial charge >= 0.3 is 0 Å². The number of fused-ring (bicyclic) bond motifs is 1. The molecule has 2 aromatic carbocycles. The van der Waals surface area contributed by atoms with Crippen LogP contribution in [0.1, 0.15) is 4.88 Å². The van der Waals surface area contributed by atoms with Crippen molar-refractivity contribution >= 4 is 38.7 Å². The Morgan fingerprint density at radius 2 is 1.85 bits per heavy atom. The highest BCUT2D eigenvalue weighted by Gasteiger charge is 2.10. The number of hydrogen-bond donors (Lipinski definition) is 1. The number of halogens is 3. The topological polar surface area (TPSA) is 12.0 Å². The molecule has 3 aromatic rings. The molecule has 1 aromatic heterocycles. The van der Waals surface area contributed by atoms with Crippen LogP contribution in [0.15, 0.2) is 42.5 Å². The van der Waals surface area contributed by atoms with Gasteiger partial charge in [0.25, 0.3) is 0 Å². The molecular formula is C15H10ClF2NS. The molecule has 20 heavy (non-hydrogen) atoms. The fraction of sp³-hybridized carbons (Fsp3) is 0.0667. The summed E-state index contributed by atoms with van der Waals surface area (Å²) in [6, 6.07) is 11.6. The first-order valence-corrected chi connectivity index (χ1v) is 7.19. The van der Waals surface area contributed by atoms with Crippen molar-refractivity contribution in [3.8, 4) is 0 Å². The van der Waals surface area contributed by atoms with Crippen molar-refractivity contribution in [1.29, 1.82) is 0 Å². The molecule has 1 nitrogen and oxygen atoms in total. The number of anilines is 1. The normalized spacial score (nSPS) is 10.9. The van der Waals surface area contributed by atoms with Gasteiger partial charge in [-0.25, -0.2) is 8.78 Å². The number of nitrogens with one attached hydrogen (secondary N) is 1. The molecule has 0 unspecified atom stereocenters. The highest BCUT2D eigenvalue weighted by atomic mass is 35.5. The van der Waals surface area contributed by atoms with Crippen LogP contribution >= 0.6 is 22.9 Å². The van der Waals surface area contributed by atoms with Crippen molar-refractivity contribution in [2.75, 3.05) is 5.32 Å². The van der Waals surface area contributed by atoms with Crippen molar-refractivity contribution in [3.05, 3.63) is 64.0 Å². The Balaban J connectivity index is 1.83. The third-order valence-electron chi connectivity index (χ3n) is 2.97. The van der Waals surface area contributed by atoms with Crippen LogP contribution in [0.3, 0.4) is 0 Å². The van der Waals surface area contributed by atoms with Gasteiger partial charge in [-0.1, -0.05) is 29.8 Å². The van der Waals surface area contributed by atoms with Crippen molar-refractivity contribution in [2.45, 2.75) is 6.54 Å². The zero-order valence-electron chi connectivity index (χ0n) is 10.3. The molecular weight excluding hydrogens is 300 g/mol. The van der Waals surface area contributed by atoms with E-state index in [0.29, 0.717) is 17.3 Å². The lowest BCUT2D eigenvalue weighted by molar-refractivity contribution is 0.509. The summed E-state index contributed by atoms with van der Waals surface area (Å²) in [6.07, 6.45) is 0. The Kier molecular flexibility index (Phi) is 3.59. The maximum absolute atomic E-state index is 13.1. The van der Waals surface area contributed by atoms with E-state index in [1.165, 1.54) is 6.07 Å². The van der Waals surface area contributed by atoms with Crippen LogP contribution in [0.2, 0.25) is 5.02 Å². The minimum atomic E-state index is -0.863. The smallest absolute Gasteiger partial charge is 0.160 e. The van der Waals surface area contributed by atoms with E-state index in [1.807, 2.05) is 24.3 Å². The summed E-state index contributed by atoms with van der Waals surface area (Å²) in [5.41, 5.74) is 0.525. The van der Waals surface area contributed by atoms with Crippen LogP contribution in [-0.4, -0.2) is 0 Å². The Morgan fingerprint density at radius 3 is 2.60 bits per heavy atom. The lowest BCUT2D eigenvalue weighted by atomic mass is 10.2. The highest BCUT2D eigenvalue weighted by Crippen LogP contribution is 2.35. The van der Waals surface area contributed by atoms with Gasteiger partial charge in [0.2, 0.25) is 0 Å². The quantitative estimate of drug-likeness (QED) is 0.679. The summed E-state index contributed by atoms with van der Waals surface area (Å²) in [5.74, 6) is -1.71. The standard InChI is InChI=1S/C15H10ClF2NS/c16-15-10-3-1-2-4-13(10)20-14(15)8-19-9-5-6-11(17)12(18)7-9/h1-7,19H,8H2. The van der Waals surface area contributed by atoms with Crippen LogP contribution in [0, 0.1) is 11.6 Å². The van der Waals surface area contributed by atoms with Crippen molar-refractivity contribution in [3.63, 3.8) is 0 Å². The Morgan fingerprint density at radius 1 is 1.05 bits per heavy atom. The molecule has 0 saturated carbocycles. The summed E-state index contributed by atoms with van der Waals surface area (Å²) in [4.78, 5) is 0.970. The maximum Gasteiger partial charge on any atom is 0.160 e. The molecule has 1 N–H and O–H groups in total. The van der Waals surface area contributed by atoms with Gasteiger partial charge in [0.1, 0.15) is 0 Å². The second-order valence-corrected chi connectivity index (χ2v) is 5.83. The molecule has 1 heterocycles. The van der Waals surface area contributed by atoms with Gasteiger partial charge < -0.3 is 5.32 Å². The SMILES string of the molecule is Fc1ccc(NCc2sc3ccccc3c2Cl)cc1F. The van der Waals surface area contributed by atoms with Crippen LogP contribution in [0.25, 0.3) is 10.1 Å². The molecule has 0 spiro atoms. The summed E-state index contributed by atoms with van der Waals surface area (Å²) in [7, 11) is 0. The van der Waals surface area contributed by atoms with Gasteiger partial charge in [-0.3, -0.25) is 0 Å². The second-order valence-electron chi connectivity index (χ2n) is 4.32. The largest absolute Gasteiger partial charge is 0.380 e. The summed E-state index contributed by atoms with van der Waals surface area (Å²) in [6.45, 7) is 0.475. The lowest BCUT2D eigenvalue weighted by Crippen LogP contribution is -1.99. The van der Waals surface area contributed by atoms with E-state index >= 15 is 0 Å². The van der Waals surface area contributed by atoms with Gasteiger partial charge in [0.05, 0.1) is 11.6 Å². The number of benzene rings is 2. The van der Waals surface area contributed by atoms with E-state index in [4.69, 9.17) is 11.6 Å². The van der Waals surface area contributed by atoms with Gasteiger partial charge in [-0.2, -0.15) is 0 Å². The van der Waals surface area contributed by atoms with E-state index in [9.17, 15) is 8.78 Å². The second kappa shape index (κ2) is 5.38. The van der Waals surface area contributed by atoms with E-state index in [1.54, 1.807) is 11.3 Å². The van der Waals surface area contributed by atoms with Crippen molar-refractivity contribution < 1.29 is 8.78 Å². The van der Waals surface area contributed by atoms with E-state index in [-0.39, 0.29) is 0 Å². The Hall–Kier alpha value is -1.65. The van der Waals surface area contributed by atoms with Gasteiger partial charge in [0, 0.05) is 26.7 Å². The van der Waals surface area contributed by atoms with Crippen LogP contribution in [0.4, 0.5) is 14.5 Å². The molecule has 0 aliphatic rings. The zero-order chi connectivity index (χ0) is 14.1. The number of thiophene rings is 1. The highest BCUT2D eigenvalue weighted by molar-refractivity contribution is 7.19. The summed E-state index contributed by atoms with van der Waals surface area (Å²) >= 11 is 7.90. The Labute approximate surface area is 123 Å². The zero-order valence-corrected chi connectivity index (χ0v) is 11.9. The predicted octanol–water partition coefficient (Wildman–Crippen LogP) is 5.45. The average molecular weight is 310 g/mol. The molecule has 0 fully saturated rings. The van der Waals surface area contributed by atoms with Gasteiger partial charge in [0.15, 0.2) is 11.6 Å². The van der Waals surface area contributed by atoms with Crippen molar-refractivity contribution in [2.24, 2.45) is 0 Å². The molecule has 0 amide bonds. The maximum atomic E-state index is 13.1. The average Bonchev–Trinajstić information content (AvgIpc) is 2.77. The molecule has 0 radical (unpaired) electrons. The lowest BCUT2D eigenvalue weighted by Gasteiger charge is -2.05. The molecule has 0 aliphatic heterocycles. The van der Waals surface area contributed by atoms with E-state index in [0.717, 1.165) is 27.1 Å². The van der Waals surface area contributed by atoms with Gasteiger partial charge in [-0.15, -0.1) is 11.3 Å². The minimum absolute atomic E-state index is 0.475. The number of hydrogen-bond acceptors (Lipinski definition) is 2. The van der Waals surface area contributed by atoms with Crippen LogP contribution in [0.5, 0.6) is 0 Å². The fourth-order valence-corrected chi connectivity index (χ4v) is 3.41. The molecule has 0 bridgehead atoms. The molecule has 5 heteroatoms. The van der Waals surface area contributed by atoms with Crippen molar-refractivity contribution in [1.82, 2.24) is 0 Å². The van der Waals surface area contributed by atoms with E-state index in [2.05, 4.69) is 5.32 Å². The van der Waals surface area contributed by atoms with Crippen LogP contribution in [-0.2, 0) is 6.54 Å². The minimum Gasteiger partial charge on any atom is -0.380 e. The first kappa shape index (κ1) is 13.3. The number of rotatable bonds is 3. The molecule has 0 atom stereocenters. The van der Waals surface area contributed by atoms with Gasteiger partial charge in [-0.05, 0) is 18.2 Å². The van der Waals surface area contributed by atoms with E-state index < -0.39 is 11.6 Å². The molecule has 102 valence electrons. The third-order valence-corrected chi connectivity index (χ3v) is 4.69. The third kappa shape index (κ3) is 2.49. The van der Waals surface area contributed by atoms with Crippen LogP contribution < -0.4 is 5.32 Å². The first-order valence-electron chi connectivity index (χ1n) is 6.00. The predicted molar refractivity (Wildman–Crippen MR) is 80.5 cm³/mol. The Bertz CT molecular complexity index is 770. The summed E-state index contributed by atoms with van der Waals surface area (Å²) < 4.78 is 27.1. The summed E-state index contributed by atoms with van der Waals surface area (Å²) in [5, 5.41) is 4.77. The molecule has 0 saturated heterocycles.